The van der Waals surface area contributed by atoms with E-state index in [0.717, 1.165) is 12.8 Å². The molecule has 1 aliphatic heterocycles. The zero-order valence-corrected chi connectivity index (χ0v) is 12.8. The van der Waals surface area contributed by atoms with E-state index in [1.165, 1.54) is 6.42 Å². The third kappa shape index (κ3) is 2.52. The van der Waals surface area contributed by atoms with Crippen molar-refractivity contribution in [3.05, 3.63) is 17.9 Å². The van der Waals surface area contributed by atoms with Gasteiger partial charge in [0.15, 0.2) is 0 Å². The summed E-state index contributed by atoms with van der Waals surface area (Å²) in [5.74, 6) is 1.22. The van der Waals surface area contributed by atoms with E-state index >= 15 is 0 Å². The first-order chi connectivity index (χ1) is 9.46. The second-order valence-corrected chi connectivity index (χ2v) is 7.99. The molecule has 1 aromatic heterocycles. The lowest BCUT2D eigenvalue weighted by Gasteiger charge is -2.24. The Kier molecular flexibility index (Phi) is 3.64. The number of nitrogens with zero attached hydrogens (tertiary/aromatic N) is 1. The van der Waals surface area contributed by atoms with Crippen molar-refractivity contribution in [3.63, 3.8) is 0 Å². The van der Waals surface area contributed by atoms with E-state index in [4.69, 9.17) is 4.42 Å². The van der Waals surface area contributed by atoms with Crippen LogP contribution in [-0.2, 0) is 16.6 Å². The van der Waals surface area contributed by atoms with Crippen molar-refractivity contribution in [3.8, 4) is 0 Å². The summed E-state index contributed by atoms with van der Waals surface area (Å²) in [5.41, 5.74) is 0. The SMILES string of the molecule is CC(C)NCc1ccc(S(=O)(=O)N2CC3CCC2C3)o1. The molecule has 3 rings (SSSR count). The molecule has 0 amide bonds. The Morgan fingerprint density at radius 1 is 1.40 bits per heavy atom. The van der Waals surface area contributed by atoms with Crippen molar-refractivity contribution in [2.45, 2.75) is 56.8 Å². The van der Waals surface area contributed by atoms with Crippen LogP contribution in [0.3, 0.4) is 0 Å². The van der Waals surface area contributed by atoms with Gasteiger partial charge < -0.3 is 9.73 Å². The lowest BCUT2D eigenvalue weighted by Crippen LogP contribution is -2.37. The Bertz CT molecular complexity index is 579. The molecule has 2 aliphatic rings. The maximum atomic E-state index is 12.6. The number of nitrogens with one attached hydrogen (secondary N) is 1. The topological polar surface area (TPSA) is 62.6 Å². The molecule has 2 unspecified atom stereocenters. The smallest absolute Gasteiger partial charge is 0.276 e. The lowest BCUT2D eigenvalue weighted by atomic mass is 10.1. The van der Waals surface area contributed by atoms with E-state index in [2.05, 4.69) is 5.32 Å². The van der Waals surface area contributed by atoms with Crippen LogP contribution in [-0.4, -0.2) is 31.4 Å². The van der Waals surface area contributed by atoms with Gasteiger partial charge in [-0.2, -0.15) is 4.31 Å². The first kappa shape index (κ1) is 14.1. The predicted molar refractivity (Wildman–Crippen MR) is 75.7 cm³/mol. The highest BCUT2D eigenvalue weighted by atomic mass is 32.2. The van der Waals surface area contributed by atoms with Gasteiger partial charge in [-0.05, 0) is 37.3 Å². The molecule has 1 aliphatic carbocycles. The molecular formula is C14H22N2O3S. The molecule has 1 aromatic rings. The van der Waals surface area contributed by atoms with Crippen LogP contribution in [0.1, 0.15) is 38.9 Å². The lowest BCUT2D eigenvalue weighted by molar-refractivity contribution is 0.315. The van der Waals surface area contributed by atoms with Gasteiger partial charge in [0.25, 0.3) is 10.0 Å². The molecule has 0 aromatic carbocycles. The number of hydrogen-bond donors (Lipinski definition) is 1. The summed E-state index contributed by atoms with van der Waals surface area (Å²) in [6.07, 6.45) is 3.17. The molecule has 2 fully saturated rings. The van der Waals surface area contributed by atoms with E-state index in [-0.39, 0.29) is 11.1 Å². The van der Waals surface area contributed by atoms with Crippen LogP contribution in [0.5, 0.6) is 0 Å². The summed E-state index contributed by atoms with van der Waals surface area (Å²) in [7, 11) is -3.45. The molecule has 1 N–H and O–H groups in total. The summed E-state index contributed by atoms with van der Waals surface area (Å²) in [5, 5.41) is 3.31. The molecule has 1 saturated carbocycles. The highest BCUT2D eigenvalue weighted by Crippen LogP contribution is 2.40. The second-order valence-electron chi connectivity index (χ2n) is 6.16. The van der Waals surface area contributed by atoms with Gasteiger partial charge in [-0.25, -0.2) is 8.42 Å². The van der Waals surface area contributed by atoms with Crippen molar-refractivity contribution in [1.29, 1.82) is 0 Å². The van der Waals surface area contributed by atoms with Crippen molar-refractivity contribution in [1.82, 2.24) is 9.62 Å². The molecule has 0 spiro atoms. The first-order valence-electron chi connectivity index (χ1n) is 7.31. The summed E-state index contributed by atoms with van der Waals surface area (Å²) in [6, 6.07) is 3.86. The van der Waals surface area contributed by atoms with E-state index in [1.807, 2.05) is 13.8 Å². The van der Waals surface area contributed by atoms with Crippen LogP contribution < -0.4 is 5.32 Å². The van der Waals surface area contributed by atoms with Crippen LogP contribution in [0.15, 0.2) is 21.6 Å². The Hall–Kier alpha value is -0.850. The van der Waals surface area contributed by atoms with Gasteiger partial charge in [-0.1, -0.05) is 13.8 Å². The molecule has 1 saturated heterocycles. The van der Waals surface area contributed by atoms with Gasteiger partial charge >= 0.3 is 0 Å². The van der Waals surface area contributed by atoms with Crippen molar-refractivity contribution in [2.24, 2.45) is 5.92 Å². The molecule has 2 bridgehead atoms. The fourth-order valence-electron chi connectivity index (χ4n) is 3.19. The number of hydrogen-bond acceptors (Lipinski definition) is 4. The molecular weight excluding hydrogens is 276 g/mol. The van der Waals surface area contributed by atoms with Gasteiger partial charge in [0.1, 0.15) is 5.76 Å². The average Bonchev–Trinajstić information content (AvgIpc) is 3.12. The molecule has 5 nitrogen and oxygen atoms in total. The van der Waals surface area contributed by atoms with Crippen LogP contribution in [0.4, 0.5) is 0 Å². The van der Waals surface area contributed by atoms with Crippen molar-refractivity contribution < 1.29 is 12.8 Å². The number of sulfonamides is 1. The average molecular weight is 298 g/mol. The van der Waals surface area contributed by atoms with E-state index in [9.17, 15) is 8.42 Å². The molecule has 2 atom stereocenters. The van der Waals surface area contributed by atoms with Gasteiger partial charge in [0, 0.05) is 18.6 Å². The highest BCUT2D eigenvalue weighted by Gasteiger charge is 2.45. The van der Waals surface area contributed by atoms with Gasteiger partial charge in [0.05, 0.1) is 6.54 Å². The number of rotatable bonds is 5. The third-order valence-corrected chi connectivity index (χ3v) is 6.04. The van der Waals surface area contributed by atoms with Gasteiger partial charge in [0.2, 0.25) is 5.09 Å². The fraction of sp³-hybridized carbons (Fsp3) is 0.714. The van der Waals surface area contributed by atoms with Crippen molar-refractivity contribution in [2.75, 3.05) is 6.54 Å². The predicted octanol–water partition coefficient (Wildman–Crippen LogP) is 1.95. The molecule has 2 heterocycles. The Morgan fingerprint density at radius 2 is 2.20 bits per heavy atom. The normalized spacial score (nSPS) is 26.8. The van der Waals surface area contributed by atoms with Crippen LogP contribution >= 0.6 is 0 Å². The van der Waals surface area contributed by atoms with Crippen LogP contribution in [0, 0.1) is 5.92 Å². The monoisotopic (exact) mass is 298 g/mol. The zero-order chi connectivity index (χ0) is 14.3. The van der Waals surface area contributed by atoms with Gasteiger partial charge in [-0.15, -0.1) is 0 Å². The molecule has 112 valence electrons. The number of furan rings is 1. The fourth-order valence-corrected chi connectivity index (χ4v) is 4.86. The Balaban J connectivity index is 1.75. The number of fused-ring (bicyclic) bond motifs is 2. The summed E-state index contributed by atoms with van der Waals surface area (Å²) >= 11 is 0. The van der Waals surface area contributed by atoms with Crippen LogP contribution in [0.25, 0.3) is 0 Å². The summed E-state index contributed by atoms with van der Waals surface area (Å²) < 4.78 is 32.3. The standard InChI is InChI=1S/C14H22N2O3S/c1-10(2)15-8-13-5-6-14(19-13)20(17,18)16-9-11-3-4-12(16)7-11/h5-6,10-12,15H,3-4,7-9H2,1-2H3. The van der Waals surface area contributed by atoms with E-state index < -0.39 is 10.0 Å². The minimum Gasteiger partial charge on any atom is -0.447 e. The Labute approximate surface area is 120 Å². The third-order valence-electron chi connectivity index (χ3n) is 4.24. The second kappa shape index (κ2) is 5.16. The molecule has 0 radical (unpaired) electrons. The summed E-state index contributed by atoms with van der Waals surface area (Å²) in [4.78, 5) is 0. The van der Waals surface area contributed by atoms with E-state index in [1.54, 1.807) is 16.4 Å². The zero-order valence-electron chi connectivity index (χ0n) is 12.0. The molecule has 6 heteroatoms. The Morgan fingerprint density at radius 3 is 2.80 bits per heavy atom. The summed E-state index contributed by atoms with van der Waals surface area (Å²) in [6.45, 7) is 5.30. The highest BCUT2D eigenvalue weighted by molar-refractivity contribution is 7.89. The first-order valence-corrected chi connectivity index (χ1v) is 8.75. The van der Waals surface area contributed by atoms with Gasteiger partial charge in [-0.3, -0.25) is 0 Å². The maximum Gasteiger partial charge on any atom is 0.276 e. The van der Waals surface area contributed by atoms with Crippen molar-refractivity contribution >= 4 is 10.0 Å². The quantitative estimate of drug-likeness (QED) is 0.902. The van der Waals surface area contributed by atoms with Crippen LogP contribution in [0.2, 0.25) is 0 Å². The minimum atomic E-state index is -3.45. The van der Waals surface area contributed by atoms with E-state index in [0.29, 0.717) is 30.8 Å². The minimum absolute atomic E-state index is 0.0885. The largest absolute Gasteiger partial charge is 0.447 e. The maximum absolute atomic E-state index is 12.6. The number of piperidine rings is 1. The molecule has 20 heavy (non-hydrogen) atoms.